The summed E-state index contributed by atoms with van der Waals surface area (Å²) in [6.07, 6.45) is 0.233. The third-order valence-electron chi connectivity index (χ3n) is 3.36. The Hall–Kier alpha value is -2.24. The third kappa shape index (κ3) is 4.15. The molecule has 23 heavy (non-hydrogen) atoms. The lowest BCUT2D eigenvalue weighted by molar-refractivity contribution is 0.104. The Balaban J connectivity index is 2.34. The van der Waals surface area contributed by atoms with E-state index in [9.17, 15) is 4.79 Å². The van der Waals surface area contributed by atoms with Crippen LogP contribution in [0.2, 0.25) is 0 Å². The molecule has 126 valence electrons. The van der Waals surface area contributed by atoms with Crippen molar-refractivity contribution in [2.24, 2.45) is 5.92 Å². The van der Waals surface area contributed by atoms with Crippen LogP contribution in [0.15, 0.2) is 12.1 Å². The van der Waals surface area contributed by atoms with E-state index in [0.717, 1.165) is 12.0 Å². The minimum atomic E-state index is -0.728. The van der Waals surface area contributed by atoms with Crippen LogP contribution in [-0.4, -0.2) is 29.0 Å². The SMILES string of the molecule is CCOC(=O)Oc1c(C)nn2c(OCCC(C)C)cc(C)cc12. The molecule has 0 atom stereocenters. The van der Waals surface area contributed by atoms with Gasteiger partial charge in [0.25, 0.3) is 0 Å². The molecular formula is C17H24N2O4. The minimum Gasteiger partial charge on any atom is -0.478 e. The van der Waals surface area contributed by atoms with Gasteiger partial charge in [0, 0.05) is 6.07 Å². The van der Waals surface area contributed by atoms with Gasteiger partial charge in [-0.05, 0) is 44.7 Å². The number of fused-ring (bicyclic) bond motifs is 1. The molecule has 0 saturated heterocycles. The molecule has 0 saturated carbocycles. The molecule has 0 fully saturated rings. The molecule has 0 spiro atoms. The highest BCUT2D eigenvalue weighted by atomic mass is 16.7. The lowest BCUT2D eigenvalue weighted by Crippen LogP contribution is -2.10. The van der Waals surface area contributed by atoms with Gasteiger partial charge in [0.1, 0.15) is 11.2 Å². The molecule has 2 heterocycles. The second-order valence-corrected chi connectivity index (χ2v) is 5.90. The Morgan fingerprint density at radius 3 is 2.70 bits per heavy atom. The number of hydrogen-bond donors (Lipinski definition) is 0. The predicted octanol–water partition coefficient (Wildman–Crippen LogP) is 3.91. The first-order valence-electron chi connectivity index (χ1n) is 7.89. The second kappa shape index (κ2) is 7.35. The molecule has 2 aromatic rings. The Morgan fingerprint density at radius 2 is 2.04 bits per heavy atom. The van der Waals surface area contributed by atoms with Gasteiger partial charge >= 0.3 is 6.16 Å². The number of rotatable bonds is 6. The van der Waals surface area contributed by atoms with E-state index in [4.69, 9.17) is 14.2 Å². The van der Waals surface area contributed by atoms with Crippen molar-refractivity contribution >= 4 is 11.7 Å². The lowest BCUT2D eigenvalue weighted by atomic mass is 10.1. The maximum atomic E-state index is 11.6. The van der Waals surface area contributed by atoms with Crippen molar-refractivity contribution in [2.75, 3.05) is 13.2 Å². The zero-order valence-corrected chi connectivity index (χ0v) is 14.4. The molecule has 2 aromatic heterocycles. The summed E-state index contributed by atoms with van der Waals surface area (Å²) < 4.78 is 17.7. The highest BCUT2D eigenvalue weighted by Crippen LogP contribution is 2.29. The van der Waals surface area contributed by atoms with Crippen molar-refractivity contribution in [3.05, 3.63) is 23.4 Å². The van der Waals surface area contributed by atoms with Crippen LogP contribution >= 0.6 is 0 Å². The van der Waals surface area contributed by atoms with Crippen molar-refractivity contribution in [2.45, 2.75) is 41.0 Å². The molecule has 6 nitrogen and oxygen atoms in total. The molecule has 6 heteroatoms. The molecule has 0 aromatic carbocycles. The minimum absolute atomic E-state index is 0.264. The molecule has 2 rings (SSSR count). The highest BCUT2D eigenvalue weighted by molar-refractivity contribution is 5.72. The van der Waals surface area contributed by atoms with E-state index in [1.807, 2.05) is 19.1 Å². The molecule has 0 unspecified atom stereocenters. The first-order chi connectivity index (χ1) is 10.9. The van der Waals surface area contributed by atoms with Gasteiger partial charge in [0.05, 0.1) is 13.2 Å². The van der Waals surface area contributed by atoms with Crippen molar-refractivity contribution in [1.29, 1.82) is 0 Å². The number of aromatic nitrogens is 2. The summed E-state index contributed by atoms with van der Waals surface area (Å²) in [6.45, 7) is 10.7. The van der Waals surface area contributed by atoms with Gasteiger partial charge in [-0.3, -0.25) is 0 Å². The van der Waals surface area contributed by atoms with E-state index in [-0.39, 0.29) is 6.61 Å². The maximum Gasteiger partial charge on any atom is 0.513 e. The van der Waals surface area contributed by atoms with E-state index >= 15 is 0 Å². The smallest absolute Gasteiger partial charge is 0.478 e. The number of nitrogens with zero attached hydrogens (tertiary/aromatic N) is 2. The largest absolute Gasteiger partial charge is 0.513 e. The number of ether oxygens (including phenoxy) is 3. The van der Waals surface area contributed by atoms with Crippen molar-refractivity contribution in [3.63, 3.8) is 0 Å². The van der Waals surface area contributed by atoms with E-state index in [0.29, 0.717) is 35.4 Å². The first kappa shape index (κ1) is 17.1. The zero-order valence-electron chi connectivity index (χ0n) is 14.4. The standard InChI is InChI=1S/C17H24N2O4/c1-6-21-17(20)23-16-13(5)18-19-14(16)9-12(4)10-15(19)22-8-7-11(2)3/h9-11H,6-8H2,1-5H3. The summed E-state index contributed by atoms with van der Waals surface area (Å²) in [7, 11) is 0. The molecule has 0 aliphatic heterocycles. The molecule has 0 N–H and O–H groups in total. The number of pyridine rings is 1. The third-order valence-corrected chi connectivity index (χ3v) is 3.36. The van der Waals surface area contributed by atoms with Gasteiger partial charge in [0.15, 0.2) is 5.75 Å². The topological polar surface area (TPSA) is 62.1 Å². The molecule has 0 bridgehead atoms. The maximum absolute atomic E-state index is 11.6. The van der Waals surface area contributed by atoms with Gasteiger partial charge in [-0.15, -0.1) is 0 Å². The van der Waals surface area contributed by atoms with Crippen LogP contribution in [0.1, 0.15) is 38.4 Å². The first-order valence-corrected chi connectivity index (χ1v) is 7.89. The summed E-state index contributed by atoms with van der Waals surface area (Å²) >= 11 is 0. The summed E-state index contributed by atoms with van der Waals surface area (Å²) in [5.41, 5.74) is 2.30. The van der Waals surface area contributed by atoms with Crippen LogP contribution in [-0.2, 0) is 4.74 Å². The Morgan fingerprint density at radius 1 is 1.30 bits per heavy atom. The van der Waals surface area contributed by atoms with Gasteiger partial charge in [-0.1, -0.05) is 13.8 Å². The lowest BCUT2D eigenvalue weighted by Gasteiger charge is -2.10. The van der Waals surface area contributed by atoms with Crippen molar-refractivity contribution < 1.29 is 19.0 Å². The molecule has 0 aliphatic rings. The predicted molar refractivity (Wildman–Crippen MR) is 87.3 cm³/mol. The van der Waals surface area contributed by atoms with Gasteiger partial charge < -0.3 is 14.2 Å². The van der Waals surface area contributed by atoms with Gasteiger partial charge in [-0.2, -0.15) is 9.61 Å². The average Bonchev–Trinajstić information content (AvgIpc) is 2.76. The van der Waals surface area contributed by atoms with Gasteiger partial charge in [0.2, 0.25) is 5.88 Å². The molecule has 0 radical (unpaired) electrons. The van der Waals surface area contributed by atoms with Crippen LogP contribution in [0.4, 0.5) is 4.79 Å². The van der Waals surface area contributed by atoms with E-state index < -0.39 is 6.16 Å². The highest BCUT2D eigenvalue weighted by Gasteiger charge is 2.18. The normalized spacial score (nSPS) is 11.0. The number of aryl methyl sites for hydroxylation is 2. The van der Waals surface area contributed by atoms with Crippen LogP contribution in [0.3, 0.4) is 0 Å². The fourth-order valence-corrected chi connectivity index (χ4v) is 2.20. The molecule has 0 amide bonds. The van der Waals surface area contributed by atoms with E-state index in [1.54, 1.807) is 18.4 Å². The Bertz CT molecular complexity index is 691. The van der Waals surface area contributed by atoms with E-state index in [2.05, 4.69) is 18.9 Å². The molecule has 0 aliphatic carbocycles. The zero-order chi connectivity index (χ0) is 17.0. The summed E-state index contributed by atoms with van der Waals surface area (Å²) in [4.78, 5) is 11.6. The van der Waals surface area contributed by atoms with E-state index in [1.165, 1.54) is 0 Å². The molecular weight excluding hydrogens is 296 g/mol. The Labute approximate surface area is 136 Å². The number of hydrogen-bond acceptors (Lipinski definition) is 5. The summed E-state index contributed by atoms with van der Waals surface area (Å²) in [5.74, 6) is 1.61. The number of carbonyl (C=O) groups excluding carboxylic acids is 1. The van der Waals surface area contributed by atoms with Crippen molar-refractivity contribution in [3.8, 4) is 11.6 Å². The van der Waals surface area contributed by atoms with Crippen LogP contribution in [0.5, 0.6) is 11.6 Å². The van der Waals surface area contributed by atoms with Crippen LogP contribution in [0, 0.1) is 19.8 Å². The van der Waals surface area contributed by atoms with Crippen molar-refractivity contribution in [1.82, 2.24) is 9.61 Å². The van der Waals surface area contributed by atoms with Gasteiger partial charge in [-0.25, -0.2) is 4.79 Å². The summed E-state index contributed by atoms with van der Waals surface area (Å²) in [6, 6.07) is 3.83. The Kier molecular flexibility index (Phi) is 5.47. The monoisotopic (exact) mass is 320 g/mol. The van der Waals surface area contributed by atoms with Crippen LogP contribution in [0.25, 0.3) is 5.52 Å². The fourth-order valence-electron chi connectivity index (χ4n) is 2.20. The quantitative estimate of drug-likeness (QED) is 0.755. The number of carbonyl (C=O) groups is 1. The second-order valence-electron chi connectivity index (χ2n) is 5.90. The fraction of sp³-hybridized carbons (Fsp3) is 0.529. The average molecular weight is 320 g/mol. The summed E-state index contributed by atoms with van der Waals surface area (Å²) in [5, 5.41) is 4.42. The van der Waals surface area contributed by atoms with Crippen LogP contribution < -0.4 is 9.47 Å².